The van der Waals surface area contributed by atoms with Gasteiger partial charge in [-0.25, -0.2) is 0 Å². The number of carboxylic acid groups (broad SMARTS) is 1. The summed E-state index contributed by atoms with van der Waals surface area (Å²) in [7, 11) is 0. The standard InChI is InChI=1S/C7H9Cl3O4/c1-3(11)2-4(6(13)14)5(12)7(8,9)10/h4-5,12H,2H2,1H3,(H,13,14). The summed E-state index contributed by atoms with van der Waals surface area (Å²) in [5.41, 5.74) is 0. The maximum Gasteiger partial charge on any atom is 0.309 e. The number of carboxylic acids is 1. The van der Waals surface area contributed by atoms with Gasteiger partial charge >= 0.3 is 5.97 Å². The van der Waals surface area contributed by atoms with Crippen molar-refractivity contribution >= 4 is 46.6 Å². The van der Waals surface area contributed by atoms with E-state index in [0.29, 0.717) is 0 Å². The number of halogens is 3. The number of rotatable bonds is 4. The van der Waals surface area contributed by atoms with Crippen LogP contribution in [0, 0.1) is 5.92 Å². The molecule has 14 heavy (non-hydrogen) atoms. The molecule has 0 aliphatic heterocycles. The fraction of sp³-hybridized carbons (Fsp3) is 0.714. The van der Waals surface area contributed by atoms with Gasteiger partial charge in [0.2, 0.25) is 3.79 Å². The van der Waals surface area contributed by atoms with Crippen LogP contribution < -0.4 is 0 Å². The third-order valence-corrected chi connectivity index (χ3v) is 2.21. The van der Waals surface area contributed by atoms with Gasteiger partial charge in [-0.1, -0.05) is 34.8 Å². The number of aliphatic carboxylic acids is 1. The lowest BCUT2D eigenvalue weighted by molar-refractivity contribution is -0.147. The minimum Gasteiger partial charge on any atom is -0.481 e. The van der Waals surface area contributed by atoms with E-state index < -0.39 is 27.6 Å². The Morgan fingerprint density at radius 3 is 2.00 bits per heavy atom. The summed E-state index contributed by atoms with van der Waals surface area (Å²) in [6, 6.07) is 0. The molecule has 0 aromatic carbocycles. The quantitative estimate of drug-likeness (QED) is 0.752. The van der Waals surface area contributed by atoms with E-state index in [2.05, 4.69) is 0 Å². The Balaban J connectivity index is 4.66. The second kappa shape index (κ2) is 5.16. The molecule has 0 rings (SSSR count). The third kappa shape index (κ3) is 4.46. The summed E-state index contributed by atoms with van der Waals surface area (Å²) >= 11 is 15.9. The molecule has 0 amide bonds. The van der Waals surface area contributed by atoms with E-state index in [1.165, 1.54) is 6.92 Å². The molecule has 0 aromatic heterocycles. The highest BCUT2D eigenvalue weighted by Crippen LogP contribution is 2.35. The molecular weight excluding hydrogens is 254 g/mol. The Bertz CT molecular complexity index is 236. The Hall–Kier alpha value is -0.0300. The fourth-order valence-corrected chi connectivity index (χ4v) is 1.33. The first-order valence-corrected chi connectivity index (χ1v) is 4.76. The van der Waals surface area contributed by atoms with Crippen LogP contribution in [0.15, 0.2) is 0 Å². The fourth-order valence-electron chi connectivity index (χ4n) is 0.872. The van der Waals surface area contributed by atoms with Gasteiger partial charge in [0, 0.05) is 6.42 Å². The zero-order valence-corrected chi connectivity index (χ0v) is 9.47. The Labute approximate surface area is 95.8 Å². The van der Waals surface area contributed by atoms with Crippen molar-refractivity contribution in [2.75, 3.05) is 0 Å². The molecule has 0 aromatic rings. The lowest BCUT2D eigenvalue weighted by atomic mass is 9.97. The monoisotopic (exact) mass is 262 g/mol. The zero-order chi connectivity index (χ0) is 11.5. The van der Waals surface area contributed by atoms with Gasteiger partial charge in [0.25, 0.3) is 0 Å². The van der Waals surface area contributed by atoms with Gasteiger partial charge in [0.15, 0.2) is 0 Å². The van der Waals surface area contributed by atoms with Gasteiger partial charge in [-0.05, 0) is 6.92 Å². The van der Waals surface area contributed by atoms with E-state index >= 15 is 0 Å². The van der Waals surface area contributed by atoms with Crippen molar-refractivity contribution in [2.24, 2.45) is 5.92 Å². The highest BCUT2D eigenvalue weighted by atomic mass is 35.6. The van der Waals surface area contributed by atoms with Crippen LogP contribution in [0.5, 0.6) is 0 Å². The van der Waals surface area contributed by atoms with Crippen LogP contribution in [0.1, 0.15) is 13.3 Å². The van der Waals surface area contributed by atoms with Crippen LogP contribution in [0.2, 0.25) is 0 Å². The number of aliphatic hydroxyl groups excluding tert-OH is 1. The zero-order valence-electron chi connectivity index (χ0n) is 7.21. The molecule has 0 radical (unpaired) electrons. The van der Waals surface area contributed by atoms with Crippen molar-refractivity contribution in [3.05, 3.63) is 0 Å². The van der Waals surface area contributed by atoms with Gasteiger partial charge in [0.05, 0.1) is 5.92 Å². The first kappa shape index (κ1) is 14.0. The van der Waals surface area contributed by atoms with Gasteiger partial charge < -0.3 is 15.0 Å². The first-order valence-electron chi connectivity index (χ1n) is 3.63. The first-order chi connectivity index (χ1) is 6.16. The number of carbonyl (C=O) groups is 2. The van der Waals surface area contributed by atoms with Gasteiger partial charge in [0.1, 0.15) is 11.9 Å². The van der Waals surface area contributed by atoms with Crippen molar-refractivity contribution in [3.63, 3.8) is 0 Å². The van der Waals surface area contributed by atoms with Crippen LogP contribution in [-0.4, -0.2) is 31.9 Å². The van der Waals surface area contributed by atoms with E-state index in [1.807, 2.05) is 0 Å². The average Bonchev–Trinajstić information content (AvgIpc) is 1.96. The predicted molar refractivity (Wildman–Crippen MR) is 52.7 cm³/mol. The summed E-state index contributed by atoms with van der Waals surface area (Å²) in [5.74, 6) is -3.18. The van der Waals surface area contributed by atoms with Crippen molar-refractivity contribution in [2.45, 2.75) is 23.2 Å². The molecule has 7 heteroatoms. The molecule has 0 fully saturated rings. The summed E-state index contributed by atoms with van der Waals surface area (Å²) < 4.78 is -2.11. The lowest BCUT2D eigenvalue weighted by Crippen LogP contribution is -2.39. The number of carbonyl (C=O) groups excluding carboxylic acids is 1. The Kier molecular flexibility index (Phi) is 5.15. The summed E-state index contributed by atoms with van der Waals surface area (Å²) in [5, 5.41) is 18.0. The molecule has 82 valence electrons. The van der Waals surface area contributed by atoms with Crippen molar-refractivity contribution in [1.82, 2.24) is 0 Å². The molecule has 4 nitrogen and oxygen atoms in total. The molecule has 0 spiro atoms. The summed E-state index contributed by atoms with van der Waals surface area (Å²) in [4.78, 5) is 21.3. The highest BCUT2D eigenvalue weighted by Gasteiger charge is 2.41. The van der Waals surface area contributed by atoms with Crippen molar-refractivity contribution in [3.8, 4) is 0 Å². The molecule has 0 aliphatic rings. The average molecular weight is 264 g/mol. The lowest BCUT2D eigenvalue weighted by Gasteiger charge is -2.24. The number of hydrogen-bond donors (Lipinski definition) is 2. The minimum atomic E-state index is -2.11. The maximum atomic E-state index is 10.7. The summed E-state index contributed by atoms with van der Waals surface area (Å²) in [6.45, 7) is 1.20. The van der Waals surface area contributed by atoms with E-state index in [9.17, 15) is 14.7 Å². The molecule has 2 atom stereocenters. The van der Waals surface area contributed by atoms with E-state index in [-0.39, 0.29) is 6.42 Å². The molecular formula is C7H9Cl3O4. The largest absolute Gasteiger partial charge is 0.481 e. The second-order valence-corrected chi connectivity index (χ2v) is 5.21. The van der Waals surface area contributed by atoms with Gasteiger partial charge in [-0.15, -0.1) is 0 Å². The van der Waals surface area contributed by atoms with Gasteiger partial charge in [-0.3, -0.25) is 4.79 Å². The summed E-state index contributed by atoms with van der Waals surface area (Å²) in [6.07, 6.45) is -2.08. The van der Waals surface area contributed by atoms with E-state index in [4.69, 9.17) is 39.9 Å². The van der Waals surface area contributed by atoms with Crippen LogP contribution in [-0.2, 0) is 9.59 Å². The van der Waals surface area contributed by atoms with Gasteiger partial charge in [-0.2, -0.15) is 0 Å². The molecule has 0 heterocycles. The second-order valence-electron chi connectivity index (χ2n) is 2.84. The van der Waals surface area contributed by atoms with E-state index in [1.54, 1.807) is 0 Å². The molecule has 0 aliphatic carbocycles. The van der Waals surface area contributed by atoms with Crippen LogP contribution in [0.4, 0.5) is 0 Å². The number of ketones is 1. The smallest absolute Gasteiger partial charge is 0.309 e. The molecule has 0 bridgehead atoms. The molecule has 2 N–H and O–H groups in total. The van der Waals surface area contributed by atoms with Crippen molar-refractivity contribution < 1.29 is 19.8 Å². The minimum absolute atomic E-state index is 0.371. The highest BCUT2D eigenvalue weighted by molar-refractivity contribution is 6.68. The molecule has 0 saturated carbocycles. The number of hydrogen-bond acceptors (Lipinski definition) is 3. The SMILES string of the molecule is CC(=O)CC(C(=O)O)C(O)C(Cl)(Cl)Cl. The predicted octanol–water partition coefficient (Wildman–Crippen LogP) is 1.40. The molecule has 2 unspecified atom stereocenters. The Morgan fingerprint density at radius 1 is 1.36 bits per heavy atom. The topological polar surface area (TPSA) is 74.6 Å². The van der Waals surface area contributed by atoms with E-state index in [0.717, 1.165) is 0 Å². The maximum absolute atomic E-state index is 10.7. The third-order valence-electron chi connectivity index (χ3n) is 1.54. The number of aliphatic hydroxyl groups is 1. The number of alkyl halides is 3. The van der Waals surface area contributed by atoms with Crippen LogP contribution in [0.3, 0.4) is 0 Å². The van der Waals surface area contributed by atoms with Crippen molar-refractivity contribution in [1.29, 1.82) is 0 Å². The Morgan fingerprint density at radius 2 is 1.79 bits per heavy atom. The molecule has 0 saturated heterocycles. The van der Waals surface area contributed by atoms with Crippen LogP contribution in [0.25, 0.3) is 0 Å². The normalized spacial score (nSPS) is 16.1. The van der Waals surface area contributed by atoms with Crippen LogP contribution >= 0.6 is 34.8 Å². The number of Topliss-reactive ketones (excluding diaryl/α,β-unsaturated/α-hetero) is 1.